The van der Waals surface area contributed by atoms with E-state index < -0.39 is 24.4 Å². The van der Waals surface area contributed by atoms with Crippen LogP contribution >= 0.6 is 0 Å². The van der Waals surface area contributed by atoms with Gasteiger partial charge >= 0.3 is 0 Å². The van der Waals surface area contributed by atoms with Crippen LogP contribution in [0.25, 0.3) is 0 Å². The summed E-state index contributed by atoms with van der Waals surface area (Å²) in [4.78, 5) is 0.221. The summed E-state index contributed by atoms with van der Waals surface area (Å²) in [6.45, 7) is 14.6. The fraction of sp³-hybridized carbons (Fsp3) is 0.476. The van der Waals surface area contributed by atoms with Gasteiger partial charge in [-0.3, -0.25) is 0 Å². The highest BCUT2D eigenvalue weighted by atomic mass is 32.2. The van der Waals surface area contributed by atoms with Crippen molar-refractivity contribution in [3.8, 4) is 12.3 Å². The third-order valence-electron chi connectivity index (χ3n) is 4.95. The Balaban J connectivity index is 3.14. The molecular weight excluding hydrogens is 374 g/mol. The number of sulfonamides is 1. The van der Waals surface area contributed by atoms with Gasteiger partial charge in [0, 0.05) is 6.08 Å². The second-order valence-corrected chi connectivity index (χ2v) is 14.7. The summed E-state index contributed by atoms with van der Waals surface area (Å²) in [5.74, 6) is 2.38. The third kappa shape index (κ3) is 6.80. The molecule has 0 aliphatic carbocycles. The highest BCUT2D eigenvalue weighted by Crippen LogP contribution is 2.36. The summed E-state index contributed by atoms with van der Waals surface area (Å²) < 4.78 is 34.6. The van der Waals surface area contributed by atoms with Crippen molar-refractivity contribution >= 4 is 18.3 Å². The van der Waals surface area contributed by atoms with Crippen molar-refractivity contribution in [2.24, 2.45) is 0 Å². The van der Waals surface area contributed by atoms with Gasteiger partial charge in [0.15, 0.2) is 8.32 Å². The number of terminal acetylenes is 1. The monoisotopic (exact) mass is 405 g/mol. The van der Waals surface area contributed by atoms with E-state index in [1.807, 2.05) is 6.92 Å². The van der Waals surface area contributed by atoms with Gasteiger partial charge in [-0.05, 0) is 49.7 Å². The van der Waals surface area contributed by atoms with Gasteiger partial charge in [0.05, 0.1) is 17.5 Å². The van der Waals surface area contributed by atoms with E-state index in [4.69, 9.17) is 10.8 Å². The van der Waals surface area contributed by atoms with E-state index in [-0.39, 0.29) is 16.5 Å². The molecule has 0 fully saturated rings. The highest BCUT2D eigenvalue weighted by molar-refractivity contribution is 7.89. The van der Waals surface area contributed by atoms with Crippen LogP contribution in [0.15, 0.2) is 46.5 Å². The van der Waals surface area contributed by atoms with Crippen LogP contribution in [-0.2, 0) is 14.4 Å². The van der Waals surface area contributed by atoms with Crippen molar-refractivity contribution in [3.63, 3.8) is 0 Å². The third-order valence-corrected chi connectivity index (χ3v) is 10.9. The van der Waals surface area contributed by atoms with Gasteiger partial charge in [-0.1, -0.05) is 44.4 Å². The Labute approximate surface area is 165 Å². The van der Waals surface area contributed by atoms with Crippen LogP contribution in [0.3, 0.4) is 0 Å². The quantitative estimate of drug-likeness (QED) is 0.416. The lowest BCUT2D eigenvalue weighted by Gasteiger charge is -2.37. The zero-order chi connectivity index (χ0) is 20.9. The number of aryl methyl sites for hydroxylation is 1. The molecule has 1 atom stereocenters. The normalized spacial score (nSPS) is 13.4. The van der Waals surface area contributed by atoms with Gasteiger partial charge in [0.1, 0.15) is 0 Å². The molecule has 0 aromatic heterocycles. The minimum absolute atomic E-state index is 0.0274. The molecular formula is C21H31NO3SSi. The first-order valence-corrected chi connectivity index (χ1v) is 13.3. The van der Waals surface area contributed by atoms with Crippen LogP contribution in [0.5, 0.6) is 0 Å². The summed E-state index contributed by atoms with van der Waals surface area (Å²) in [5.41, 5.74) is 4.64. The maximum absolute atomic E-state index is 12.8. The largest absolute Gasteiger partial charge is 0.415 e. The van der Waals surface area contributed by atoms with Gasteiger partial charge in [-0.25, -0.2) is 13.1 Å². The Morgan fingerprint density at radius 3 is 2.33 bits per heavy atom. The lowest BCUT2D eigenvalue weighted by molar-refractivity contribution is 0.268. The second-order valence-electron chi connectivity index (χ2n) is 8.20. The lowest BCUT2D eigenvalue weighted by atomic mass is 10.1. The average Bonchev–Trinajstić information content (AvgIpc) is 2.55. The van der Waals surface area contributed by atoms with Crippen LogP contribution in [0.1, 0.15) is 33.3 Å². The molecule has 0 radical (unpaired) electrons. The molecule has 27 heavy (non-hydrogen) atoms. The van der Waals surface area contributed by atoms with Crippen molar-refractivity contribution in [2.75, 3.05) is 6.61 Å². The molecule has 0 saturated carbocycles. The lowest BCUT2D eigenvalue weighted by Crippen LogP contribution is -2.46. The van der Waals surface area contributed by atoms with Crippen LogP contribution in [0, 0.1) is 19.3 Å². The van der Waals surface area contributed by atoms with Crippen LogP contribution in [0.2, 0.25) is 18.1 Å². The molecule has 0 amide bonds. The molecule has 1 rings (SSSR count). The fourth-order valence-electron chi connectivity index (χ4n) is 1.98. The number of nitrogens with one attached hydrogen (secondary N) is 1. The van der Waals surface area contributed by atoms with Crippen molar-refractivity contribution in [1.82, 2.24) is 4.72 Å². The van der Waals surface area contributed by atoms with Crippen LogP contribution in [-0.4, -0.2) is 29.4 Å². The number of hydrogen-bond acceptors (Lipinski definition) is 3. The zero-order valence-electron chi connectivity index (χ0n) is 17.4. The van der Waals surface area contributed by atoms with Gasteiger partial charge in [-0.15, -0.1) is 12.2 Å². The van der Waals surface area contributed by atoms with Gasteiger partial charge in [-0.2, -0.15) is 0 Å². The van der Waals surface area contributed by atoms with E-state index in [2.05, 4.69) is 50.2 Å². The molecule has 0 spiro atoms. The maximum atomic E-state index is 12.8. The molecule has 0 heterocycles. The molecule has 0 bridgehead atoms. The van der Waals surface area contributed by atoms with Crippen molar-refractivity contribution in [1.29, 1.82) is 0 Å². The topological polar surface area (TPSA) is 55.4 Å². The van der Waals surface area contributed by atoms with Gasteiger partial charge in [0.2, 0.25) is 10.0 Å². The highest BCUT2D eigenvalue weighted by Gasteiger charge is 2.38. The van der Waals surface area contributed by atoms with E-state index in [1.54, 1.807) is 31.2 Å². The molecule has 1 N–H and O–H groups in total. The molecule has 1 aromatic rings. The molecule has 148 valence electrons. The van der Waals surface area contributed by atoms with Crippen LogP contribution in [0.4, 0.5) is 0 Å². The fourth-order valence-corrected chi connectivity index (χ4v) is 4.25. The van der Waals surface area contributed by atoms with E-state index >= 15 is 0 Å². The van der Waals surface area contributed by atoms with Crippen molar-refractivity contribution < 1.29 is 12.8 Å². The Hall–Kier alpha value is -1.61. The Morgan fingerprint density at radius 1 is 1.30 bits per heavy atom. The minimum atomic E-state index is -3.69. The van der Waals surface area contributed by atoms with E-state index in [0.29, 0.717) is 5.57 Å². The number of rotatable bonds is 7. The second kappa shape index (κ2) is 9.05. The standard InChI is InChI=1S/C21H31NO3SSi/c1-9-10-11-18(3)20(16-25-27(7,8)21(4,5)6)22-26(23,24)19-14-12-17(2)13-15-19/h1,10,12-15,20,22H,16H2,2-8H3/t11?,20-/m1/s1. The maximum Gasteiger partial charge on any atom is 0.241 e. The zero-order valence-corrected chi connectivity index (χ0v) is 19.2. The first-order chi connectivity index (χ1) is 12.3. The minimum Gasteiger partial charge on any atom is -0.415 e. The van der Waals surface area contributed by atoms with Crippen molar-refractivity contribution in [2.45, 2.75) is 63.7 Å². The van der Waals surface area contributed by atoms with Crippen molar-refractivity contribution in [3.05, 3.63) is 47.2 Å². The number of hydrogen-bond donors (Lipinski definition) is 1. The molecule has 4 nitrogen and oxygen atoms in total. The Morgan fingerprint density at radius 2 is 1.85 bits per heavy atom. The smallest absolute Gasteiger partial charge is 0.241 e. The van der Waals surface area contributed by atoms with E-state index in [9.17, 15) is 8.42 Å². The molecule has 0 saturated heterocycles. The summed E-state index contributed by atoms with van der Waals surface area (Å²) in [5, 5.41) is 0.0274. The van der Waals surface area contributed by atoms with E-state index in [1.165, 1.54) is 6.08 Å². The molecule has 1 aromatic carbocycles. The Bertz CT molecular complexity index is 850. The molecule has 0 aliphatic rings. The molecule has 0 unspecified atom stereocenters. The number of benzene rings is 1. The Kier molecular flexibility index (Phi) is 7.85. The molecule has 6 heteroatoms. The first kappa shape index (κ1) is 23.4. The SMILES string of the molecule is C#CC=C=C(C)[C@@H](CO[Si](C)(C)C(C)(C)C)NS(=O)(=O)c1ccc(C)cc1. The summed E-state index contributed by atoms with van der Waals surface area (Å²) in [6, 6.07) is 6.20. The van der Waals surface area contributed by atoms with E-state index in [0.717, 1.165) is 5.56 Å². The predicted molar refractivity (Wildman–Crippen MR) is 115 cm³/mol. The summed E-state index contributed by atoms with van der Waals surface area (Å²) in [6.07, 6.45) is 6.70. The average molecular weight is 406 g/mol. The summed E-state index contributed by atoms with van der Waals surface area (Å²) >= 11 is 0. The van der Waals surface area contributed by atoms with Gasteiger partial charge < -0.3 is 4.43 Å². The summed E-state index contributed by atoms with van der Waals surface area (Å²) in [7, 11) is -5.72. The molecule has 0 aliphatic heterocycles. The first-order valence-electron chi connectivity index (χ1n) is 8.91. The van der Waals surface area contributed by atoms with Gasteiger partial charge in [0.25, 0.3) is 0 Å². The predicted octanol–water partition coefficient (Wildman–Crippen LogP) is 4.40. The van der Waals surface area contributed by atoms with Crippen LogP contribution < -0.4 is 4.72 Å².